The minimum absolute atomic E-state index is 0.248. The van der Waals surface area contributed by atoms with Crippen molar-refractivity contribution in [2.24, 2.45) is 0 Å². The first-order valence-electron chi connectivity index (χ1n) is 7.41. The first kappa shape index (κ1) is 16.2. The van der Waals surface area contributed by atoms with E-state index in [9.17, 15) is 9.18 Å². The van der Waals surface area contributed by atoms with E-state index in [0.29, 0.717) is 10.7 Å². The topological polar surface area (TPSA) is 46.9 Å². The third-order valence-corrected chi connectivity index (χ3v) is 3.98. The molecule has 122 valence electrons. The van der Waals surface area contributed by atoms with Crippen molar-refractivity contribution >= 4 is 17.5 Å². The first-order valence-corrected chi connectivity index (χ1v) is 7.79. The predicted octanol–water partition coefficient (Wildman–Crippen LogP) is 4.16. The third-order valence-electron chi connectivity index (χ3n) is 3.63. The Bertz CT molecular complexity index is 861. The quantitative estimate of drug-likeness (QED) is 0.773. The van der Waals surface area contributed by atoms with Gasteiger partial charge in [0.05, 0.1) is 11.7 Å². The largest absolute Gasteiger partial charge is 0.344 e. The summed E-state index contributed by atoms with van der Waals surface area (Å²) in [4.78, 5) is 12.3. The van der Waals surface area contributed by atoms with E-state index < -0.39 is 0 Å². The molecule has 0 saturated heterocycles. The van der Waals surface area contributed by atoms with Gasteiger partial charge in [0.15, 0.2) is 5.69 Å². The van der Waals surface area contributed by atoms with Crippen molar-refractivity contribution in [2.45, 2.75) is 13.0 Å². The van der Waals surface area contributed by atoms with E-state index in [4.69, 9.17) is 11.6 Å². The number of benzene rings is 2. The van der Waals surface area contributed by atoms with Gasteiger partial charge in [-0.25, -0.2) is 9.07 Å². The summed E-state index contributed by atoms with van der Waals surface area (Å²) in [5.41, 5.74) is 1.79. The molecule has 1 atom stereocenters. The molecule has 1 heterocycles. The zero-order valence-electron chi connectivity index (χ0n) is 12.9. The smallest absolute Gasteiger partial charge is 0.272 e. The number of carbonyl (C=O) groups is 1. The zero-order chi connectivity index (χ0) is 17.1. The maximum absolute atomic E-state index is 13.0. The third kappa shape index (κ3) is 3.46. The second-order valence-corrected chi connectivity index (χ2v) is 5.75. The van der Waals surface area contributed by atoms with Crippen LogP contribution in [-0.4, -0.2) is 15.7 Å². The van der Waals surface area contributed by atoms with Gasteiger partial charge >= 0.3 is 0 Å². The normalized spacial score (nSPS) is 12.0. The van der Waals surface area contributed by atoms with E-state index in [2.05, 4.69) is 10.4 Å². The van der Waals surface area contributed by atoms with Gasteiger partial charge < -0.3 is 5.32 Å². The van der Waals surface area contributed by atoms with Crippen molar-refractivity contribution < 1.29 is 9.18 Å². The lowest BCUT2D eigenvalue weighted by Crippen LogP contribution is -2.27. The van der Waals surface area contributed by atoms with Crippen LogP contribution in [0.4, 0.5) is 4.39 Å². The van der Waals surface area contributed by atoms with Crippen LogP contribution in [0.2, 0.25) is 5.02 Å². The average molecular weight is 344 g/mol. The minimum atomic E-state index is -0.322. The zero-order valence-corrected chi connectivity index (χ0v) is 13.7. The van der Waals surface area contributed by atoms with E-state index in [1.807, 2.05) is 25.1 Å². The Labute approximate surface area is 143 Å². The summed E-state index contributed by atoms with van der Waals surface area (Å²) in [6, 6.07) is 14.6. The number of amides is 1. The molecule has 0 spiro atoms. The number of rotatable bonds is 4. The van der Waals surface area contributed by atoms with Crippen LogP contribution in [0.3, 0.4) is 0 Å². The van der Waals surface area contributed by atoms with Crippen LogP contribution in [0.25, 0.3) is 5.69 Å². The van der Waals surface area contributed by atoms with Crippen molar-refractivity contribution in [3.05, 3.63) is 82.9 Å². The molecule has 0 fully saturated rings. The molecule has 0 saturated carbocycles. The monoisotopic (exact) mass is 343 g/mol. The SMILES string of the molecule is C[C@@H](NC(=O)c1ccn(-c2ccc(F)cc2)n1)c1ccccc1Cl. The summed E-state index contributed by atoms with van der Waals surface area (Å²) in [6.45, 7) is 1.86. The standard InChI is InChI=1S/C18H15ClFN3O/c1-12(15-4-2-3-5-16(15)19)21-18(24)17-10-11-23(22-17)14-8-6-13(20)7-9-14/h2-12H,1H3,(H,21,24)/t12-/m1/s1. The maximum atomic E-state index is 13.0. The lowest BCUT2D eigenvalue weighted by molar-refractivity contribution is 0.0934. The fraction of sp³-hybridized carbons (Fsp3) is 0.111. The number of aromatic nitrogens is 2. The van der Waals surface area contributed by atoms with Gasteiger partial charge in [0, 0.05) is 11.2 Å². The lowest BCUT2D eigenvalue weighted by Gasteiger charge is -2.14. The summed E-state index contributed by atoms with van der Waals surface area (Å²) in [5.74, 6) is -0.624. The minimum Gasteiger partial charge on any atom is -0.344 e. The Balaban J connectivity index is 1.74. The molecule has 24 heavy (non-hydrogen) atoms. The molecular formula is C18H15ClFN3O. The molecule has 0 radical (unpaired) electrons. The summed E-state index contributed by atoms with van der Waals surface area (Å²) in [5, 5.41) is 7.70. The van der Waals surface area contributed by atoms with E-state index in [-0.39, 0.29) is 23.5 Å². The summed E-state index contributed by atoms with van der Waals surface area (Å²) >= 11 is 6.14. The molecule has 1 N–H and O–H groups in total. The number of halogens is 2. The van der Waals surface area contributed by atoms with E-state index in [1.165, 1.54) is 16.8 Å². The Kier molecular flexibility index (Phi) is 4.62. The van der Waals surface area contributed by atoms with Crippen LogP contribution >= 0.6 is 11.6 Å². The molecule has 1 amide bonds. The van der Waals surface area contributed by atoms with Crippen molar-refractivity contribution in [3.8, 4) is 5.69 Å². The predicted molar refractivity (Wildman–Crippen MR) is 90.9 cm³/mol. The Morgan fingerprint density at radius 2 is 1.88 bits per heavy atom. The van der Waals surface area contributed by atoms with Gasteiger partial charge in [-0.05, 0) is 48.9 Å². The molecule has 3 aromatic rings. The van der Waals surface area contributed by atoms with Crippen LogP contribution in [0.15, 0.2) is 60.8 Å². The molecule has 0 aliphatic rings. The van der Waals surface area contributed by atoms with Gasteiger partial charge in [-0.15, -0.1) is 0 Å². The number of carbonyl (C=O) groups excluding carboxylic acids is 1. The summed E-state index contributed by atoms with van der Waals surface area (Å²) in [7, 11) is 0. The second kappa shape index (κ2) is 6.84. The number of nitrogens with zero attached hydrogens (tertiary/aromatic N) is 2. The van der Waals surface area contributed by atoms with Crippen LogP contribution in [-0.2, 0) is 0 Å². The van der Waals surface area contributed by atoms with Crippen LogP contribution in [0.5, 0.6) is 0 Å². The Hall–Kier alpha value is -2.66. The van der Waals surface area contributed by atoms with Crippen LogP contribution in [0, 0.1) is 5.82 Å². The van der Waals surface area contributed by atoms with E-state index >= 15 is 0 Å². The van der Waals surface area contributed by atoms with Crippen molar-refractivity contribution in [3.63, 3.8) is 0 Å². The molecule has 2 aromatic carbocycles. The lowest BCUT2D eigenvalue weighted by atomic mass is 10.1. The highest BCUT2D eigenvalue weighted by atomic mass is 35.5. The van der Waals surface area contributed by atoms with Crippen LogP contribution in [0.1, 0.15) is 29.0 Å². The van der Waals surface area contributed by atoms with Crippen LogP contribution < -0.4 is 5.32 Å². The summed E-state index contributed by atoms with van der Waals surface area (Å²) < 4.78 is 14.5. The molecule has 1 aromatic heterocycles. The molecular weight excluding hydrogens is 329 g/mol. The van der Waals surface area contributed by atoms with Crippen molar-refractivity contribution in [2.75, 3.05) is 0 Å². The molecule has 6 heteroatoms. The molecule has 0 unspecified atom stereocenters. The van der Waals surface area contributed by atoms with Gasteiger partial charge in [-0.3, -0.25) is 4.79 Å². The molecule has 0 aliphatic heterocycles. The van der Waals surface area contributed by atoms with E-state index in [1.54, 1.807) is 30.5 Å². The molecule has 4 nitrogen and oxygen atoms in total. The average Bonchev–Trinajstić information content (AvgIpc) is 3.06. The molecule has 0 aliphatic carbocycles. The highest BCUT2D eigenvalue weighted by Gasteiger charge is 2.16. The number of hydrogen-bond donors (Lipinski definition) is 1. The Morgan fingerprint density at radius 3 is 2.58 bits per heavy atom. The summed E-state index contributed by atoms with van der Waals surface area (Å²) in [6.07, 6.45) is 1.66. The second-order valence-electron chi connectivity index (χ2n) is 5.34. The fourth-order valence-corrected chi connectivity index (χ4v) is 2.66. The maximum Gasteiger partial charge on any atom is 0.272 e. The van der Waals surface area contributed by atoms with Crippen molar-refractivity contribution in [1.82, 2.24) is 15.1 Å². The number of hydrogen-bond acceptors (Lipinski definition) is 2. The highest BCUT2D eigenvalue weighted by Crippen LogP contribution is 2.22. The van der Waals surface area contributed by atoms with Gasteiger partial charge in [-0.2, -0.15) is 5.10 Å². The fourth-order valence-electron chi connectivity index (χ4n) is 2.36. The molecule has 3 rings (SSSR count). The van der Waals surface area contributed by atoms with Gasteiger partial charge in [0.2, 0.25) is 0 Å². The number of nitrogens with one attached hydrogen (secondary N) is 1. The van der Waals surface area contributed by atoms with Gasteiger partial charge in [0.25, 0.3) is 5.91 Å². The van der Waals surface area contributed by atoms with Gasteiger partial charge in [0.1, 0.15) is 5.82 Å². The molecule has 0 bridgehead atoms. The van der Waals surface area contributed by atoms with E-state index in [0.717, 1.165) is 5.56 Å². The van der Waals surface area contributed by atoms with Gasteiger partial charge in [-0.1, -0.05) is 29.8 Å². The highest BCUT2D eigenvalue weighted by molar-refractivity contribution is 6.31. The first-order chi connectivity index (χ1) is 11.5. The van der Waals surface area contributed by atoms with Crippen molar-refractivity contribution in [1.29, 1.82) is 0 Å². The Morgan fingerprint density at radius 1 is 1.17 bits per heavy atom.